The quantitative estimate of drug-likeness (QED) is 0.925. The van der Waals surface area contributed by atoms with E-state index < -0.39 is 5.97 Å². The second-order valence-corrected chi connectivity index (χ2v) is 5.79. The highest BCUT2D eigenvalue weighted by molar-refractivity contribution is 6.35. The lowest BCUT2D eigenvalue weighted by Crippen LogP contribution is -2.16. The molecule has 2 aromatic carbocycles. The van der Waals surface area contributed by atoms with E-state index in [-0.39, 0.29) is 12.2 Å². The number of hydrogen-bond acceptors (Lipinski definition) is 3. The monoisotopic (exact) mass is 315 g/mol. The number of benzene rings is 2. The number of carbonyl (C=O) groups excluding carboxylic acids is 1. The number of halogens is 1. The zero-order chi connectivity index (χ0) is 15.9. The first-order valence-corrected chi connectivity index (χ1v) is 7.23. The number of nitrogens with zero attached hydrogens (tertiary/aromatic N) is 1. The maximum atomic E-state index is 12.9. The summed E-state index contributed by atoms with van der Waals surface area (Å²) in [5, 5.41) is 9.35. The average molecular weight is 316 g/mol. The van der Waals surface area contributed by atoms with E-state index >= 15 is 0 Å². The molecule has 1 aliphatic rings. The van der Waals surface area contributed by atoms with Crippen molar-refractivity contribution in [3.8, 4) is 0 Å². The molecule has 0 unspecified atom stereocenters. The highest BCUT2D eigenvalue weighted by atomic mass is 35.5. The summed E-state index contributed by atoms with van der Waals surface area (Å²) in [5.74, 6) is -1.08. The molecule has 1 N–H and O–H groups in total. The minimum Gasteiger partial charge on any atom is -0.481 e. The van der Waals surface area contributed by atoms with Crippen molar-refractivity contribution in [1.29, 1.82) is 0 Å². The number of carbonyl (C=O) groups is 2. The van der Waals surface area contributed by atoms with Crippen molar-refractivity contribution in [3.05, 3.63) is 63.7 Å². The van der Waals surface area contributed by atoms with E-state index in [4.69, 9.17) is 16.7 Å². The van der Waals surface area contributed by atoms with Crippen molar-refractivity contribution in [3.63, 3.8) is 0 Å². The Morgan fingerprint density at radius 2 is 2.09 bits per heavy atom. The van der Waals surface area contributed by atoms with Gasteiger partial charge < -0.3 is 10.0 Å². The number of hydrogen-bond donors (Lipinski definition) is 1. The molecule has 0 amide bonds. The molecule has 0 bridgehead atoms. The maximum absolute atomic E-state index is 12.9. The second-order valence-electron chi connectivity index (χ2n) is 5.38. The molecule has 22 heavy (non-hydrogen) atoms. The molecule has 1 heterocycles. The van der Waals surface area contributed by atoms with Gasteiger partial charge in [-0.2, -0.15) is 0 Å². The fraction of sp³-hybridized carbons (Fsp3) is 0.176. The van der Waals surface area contributed by atoms with E-state index in [0.29, 0.717) is 28.3 Å². The molecule has 112 valence electrons. The number of carboxylic acid groups (broad SMARTS) is 1. The van der Waals surface area contributed by atoms with Crippen LogP contribution in [0.4, 0.5) is 5.69 Å². The fourth-order valence-corrected chi connectivity index (χ4v) is 3.09. The number of rotatable bonds is 2. The van der Waals surface area contributed by atoms with E-state index in [1.165, 1.54) is 0 Å². The van der Waals surface area contributed by atoms with Crippen molar-refractivity contribution in [2.45, 2.75) is 13.0 Å². The third-order valence-electron chi connectivity index (χ3n) is 3.81. The fourth-order valence-electron chi connectivity index (χ4n) is 2.81. The Bertz CT molecular complexity index is 785. The molecular formula is C17H14ClNO3. The molecule has 3 rings (SSSR count). The zero-order valence-electron chi connectivity index (χ0n) is 12.0. The van der Waals surface area contributed by atoms with Crippen LogP contribution >= 0.6 is 11.6 Å². The van der Waals surface area contributed by atoms with Gasteiger partial charge in [0.2, 0.25) is 0 Å². The van der Waals surface area contributed by atoms with Crippen LogP contribution < -0.4 is 4.90 Å². The standard InChI is InChI=1S/C17H14ClNO3/c1-19-9-11-3-2-4-13(18)16(11)17(22)12-7-10(8-15(20)21)5-6-14(12)19/h2-7H,8-9H2,1H3,(H,20,21). The highest BCUT2D eigenvalue weighted by Gasteiger charge is 2.26. The summed E-state index contributed by atoms with van der Waals surface area (Å²) in [6.45, 7) is 0.576. The van der Waals surface area contributed by atoms with E-state index in [9.17, 15) is 9.59 Å². The number of anilines is 1. The summed E-state index contributed by atoms with van der Waals surface area (Å²) in [7, 11) is 1.90. The summed E-state index contributed by atoms with van der Waals surface area (Å²) in [4.78, 5) is 25.7. The molecule has 0 saturated heterocycles. The number of fused-ring (bicyclic) bond motifs is 2. The lowest BCUT2D eigenvalue weighted by molar-refractivity contribution is -0.136. The van der Waals surface area contributed by atoms with Gasteiger partial charge in [0.25, 0.3) is 0 Å². The molecule has 0 radical (unpaired) electrons. The number of aliphatic carboxylic acids is 1. The molecule has 0 spiro atoms. The van der Waals surface area contributed by atoms with Gasteiger partial charge in [0.15, 0.2) is 5.78 Å². The Morgan fingerprint density at radius 1 is 1.32 bits per heavy atom. The topological polar surface area (TPSA) is 57.6 Å². The van der Waals surface area contributed by atoms with Gasteiger partial charge >= 0.3 is 5.97 Å². The molecular weight excluding hydrogens is 302 g/mol. The van der Waals surface area contributed by atoms with Gasteiger partial charge in [-0.1, -0.05) is 29.8 Å². The van der Waals surface area contributed by atoms with Gasteiger partial charge in [-0.15, -0.1) is 0 Å². The van der Waals surface area contributed by atoms with Gasteiger partial charge in [-0.25, -0.2) is 0 Å². The van der Waals surface area contributed by atoms with Crippen molar-refractivity contribution in [2.75, 3.05) is 11.9 Å². The number of carboxylic acids is 1. The molecule has 4 nitrogen and oxygen atoms in total. The SMILES string of the molecule is CN1Cc2cccc(Cl)c2C(=O)c2cc(CC(=O)O)ccc21. The van der Waals surface area contributed by atoms with Crippen LogP contribution in [0.25, 0.3) is 0 Å². The van der Waals surface area contributed by atoms with Crippen molar-refractivity contribution < 1.29 is 14.7 Å². The first-order chi connectivity index (χ1) is 10.5. The first kappa shape index (κ1) is 14.6. The van der Waals surface area contributed by atoms with E-state index in [1.54, 1.807) is 24.3 Å². The molecule has 0 aliphatic carbocycles. The number of ketones is 1. The predicted octanol–water partition coefficient (Wildman–Crippen LogP) is 3.15. The van der Waals surface area contributed by atoms with Crippen LogP contribution in [0.3, 0.4) is 0 Å². The Balaban J connectivity index is 2.18. The largest absolute Gasteiger partial charge is 0.481 e. The molecule has 0 atom stereocenters. The normalized spacial score (nSPS) is 13.4. The van der Waals surface area contributed by atoms with Crippen LogP contribution in [-0.4, -0.2) is 23.9 Å². The van der Waals surface area contributed by atoms with Crippen molar-refractivity contribution >= 4 is 29.0 Å². The zero-order valence-corrected chi connectivity index (χ0v) is 12.7. The Morgan fingerprint density at radius 3 is 2.82 bits per heavy atom. The third-order valence-corrected chi connectivity index (χ3v) is 4.12. The van der Waals surface area contributed by atoms with Crippen LogP contribution in [0.2, 0.25) is 5.02 Å². The second kappa shape index (κ2) is 5.46. The third kappa shape index (κ3) is 2.46. The molecule has 2 aromatic rings. The van der Waals surface area contributed by atoms with E-state index in [2.05, 4.69) is 0 Å². The molecule has 0 aromatic heterocycles. The minimum absolute atomic E-state index is 0.111. The van der Waals surface area contributed by atoms with Crippen LogP contribution in [0, 0.1) is 0 Å². The predicted molar refractivity (Wildman–Crippen MR) is 84.8 cm³/mol. The molecule has 5 heteroatoms. The molecule has 1 aliphatic heterocycles. The summed E-state index contributed by atoms with van der Waals surface area (Å²) in [6, 6.07) is 10.6. The van der Waals surface area contributed by atoms with Crippen molar-refractivity contribution in [2.24, 2.45) is 0 Å². The minimum atomic E-state index is -0.923. The Labute approximate surface area is 132 Å². The van der Waals surface area contributed by atoms with E-state index in [1.807, 2.05) is 24.1 Å². The van der Waals surface area contributed by atoms with Gasteiger partial charge in [-0.3, -0.25) is 9.59 Å². The molecule has 0 saturated carbocycles. The van der Waals surface area contributed by atoms with Gasteiger partial charge in [0.1, 0.15) is 0 Å². The first-order valence-electron chi connectivity index (χ1n) is 6.85. The molecule has 0 fully saturated rings. The highest BCUT2D eigenvalue weighted by Crippen LogP contribution is 2.33. The maximum Gasteiger partial charge on any atom is 0.307 e. The van der Waals surface area contributed by atoms with Gasteiger partial charge in [0, 0.05) is 30.4 Å². The lowest BCUT2D eigenvalue weighted by atomic mass is 9.97. The average Bonchev–Trinajstić information content (AvgIpc) is 2.55. The summed E-state index contributed by atoms with van der Waals surface area (Å²) in [6.07, 6.45) is -0.111. The van der Waals surface area contributed by atoms with Crippen LogP contribution in [0.15, 0.2) is 36.4 Å². The van der Waals surface area contributed by atoms with Crippen LogP contribution in [0.5, 0.6) is 0 Å². The smallest absolute Gasteiger partial charge is 0.307 e. The summed E-state index contributed by atoms with van der Waals surface area (Å²) >= 11 is 6.21. The summed E-state index contributed by atoms with van der Waals surface area (Å²) < 4.78 is 0. The van der Waals surface area contributed by atoms with Gasteiger partial charge in [0.05, 0.1) is 11.4 Å². The summed E-state index contributed by atoms with van der Waals surface area (Å²) in [5.41, 5.74) is 3.25. The van der Waals surface area contributed by atoms with Gasteiger partial charge in [-0.05, 0) is 29.3 Å². The van der Waals surface area contributed by atoms with Crippen LogP contribution in [-0.2, 0) is 17.8 Å². The van der Waals surface area contributed by atoms with Crippen molar-refractivity contribution in [1.82, 2.24) is 0 Å². The van der Waals surface area contributed by atoms with E-state index in [0.717, 1.165) is 11.3 Å². The van der Waals surface area contributed by atoms with Crippen LogP contribution in [0.1, 0.15) is 27.0 Å². The Kier molecular flexibility index (Phi) is 3.62. The lowest BCUT2D eigenvalue weighted by Gasteiger charge is -2.19. The Hall–Kier alpha value is -2.33.